The van der Waals surface area contributed by atoms with Crippen LogP contribution in [0, 0.1) is 0 Å². The van der Waals surface area contributed by atoms with Crippen molar-refractivity contribution in [1.29, 1.82) is 0 Å². The van der Waals surface area contributed by atoms with Gasteiger partial charge >= 0.3 is 12.1 Å². The Morgan fingerprint density at radius 2 is 1.98 bits per heavy atom. The number of hydrogen-bond donors (Lipinski definition) is 3. The van der Waals surface area contributed by atoms with Crippen LogP contribution in [0.2, 0.25) is 0 Å². The van der Waals surface area contributed by atoms with Crippen LogP contribution in [-0.2, 0) is 29.0 Å². The largest absolute Gasteiger partial charge is 0.468 e. The summed E-state index contributed by atoms with van der Waals surface area (Å²) in [5.74, 6) is -0.238. The molecule has 16 heteroatoms. The molecular formula is C24H38N8O7S. The zero-order valence-electron chi connectivity index (χ0n) is 23.2. The number of nitrogens with two attached hydrogens (primary N) is 1. The van der Waals surface area contributed by atoms with E-state index in [1.54, 1.807) is 31.7 Å². The van der Waals surface area contributed by atoms with Gasteiger partial charge in [0.1, 0.15) is 29.7 Å². The molecule has 4 atom stereocenters. The van der Waals surface area contributed by atoms with Crippen molar-refractivity contribution in [2.45, 2.75) is 75.7 Å². The summed E-state index contributed by atoms with van der Waals surface area (Å²) in [5, 5.41) is 1.89. The molecule has 1 amide bonds. The van der Waals surface area contributed by atoms with E-state index in [1.165, 1.54) is 13.4 Å². The molecule has 4 heterocycles. The third kappa shape index (κ3) is 7.16. The molecule has 2 unspecified atom stereocenters. The van der Waals surface area contributed by atoms with Crippen molar-refractivity contribution < 1.29 is 32.2 Å². The van der Waals surface area contributed by atoms with Crippen LogP contribution in [0.4, 0.5) is 10.6 Å². The van der Waals surface area contributed by atoms with Gasteiger partial charge in [-0.2, -0.15) is 0 Å². The number of rotatable bonds is 9. The van der Waals surface area contributed by atoms with Gasteiger partial charge in [0.25, 0.3) is 0 Å². The first-order chi connectivity index (χ1) is 18.9. The minimum absolute atomic E-state index is 0.0742. The Bertz CT molecular complexity index is 1310. The maximum absolute atomic E-state index is 13.2. The number of carbonyl (C=O) groups excluding carboxylic acids is 2. The quantitative estimate of drug-likeness (QED) is 0.348. The number of nitrogens with zero attached hydrogens (tertiary/aromatic N) is 5. The number of ether oxygens (including phenoxy) is 3. The summed E-state index contributed by atoms with van der Waals surface area (Å²) in [4.78, 5) is 38.7. The van der Waals surface area contributed by atoms with E-state index in [-0.39, 0.29) is 37.7 Å². The predicted octanol–water partition coefficient (Wildman–Crippen LogP) is 0.536. The number of methoxy groups -OCH3 is 1. The van der Waals surface area contributed by atoms with E-state index in [0.29, 0.717) is 43.5 Å². The number of carbonyl (C=O) groups is 2. The molecule has 2 aliphatic heterocycles. The zero-order valence-corrected chi connectivity index (χ0v) is 24.0. The van der Waals surface area contributed by atoms with Crippen LogP contribution in [0.3, 0.4) is 0 Å². The minimum atomic E-state index is -3.75. The topological polar surface area (TPSA) is 193 Å². The Morgan fingerprint density at radius 3 is 2.70 bits per heavy atom. The molecule has 2 saturated heterocycles. The lowest BCUT2D eigenvalue weighted by molar-refractivity contribution is -0.148. The smallest absolute Gasteiger partial charge is 0.407 e. The molecule has 0 radical (unpaired) electrons. The zero-order chi connectivity index (χ0) is 29.1. The molecule has 222 valence electrons. The van der Waals surface area contributed by atoms with Gasteiger partial charge in [-0.1, -0.05) is 0 Å². The number of nitrogens with one attached hydrogen (secondary N) is 2. The number of likely N-dealkylation sites (tertiary alicyclic amines) is 1. The minimum Gasteiger partial charge on any atom is -0.468 e. The Balaban J connectivity index is 1.30. The number of amides is 1. The van der Waals surface area contributed by atoms with Crippen molar-refractivity contribution in [3.63, 3.8) is 0 Å². The lowest BCUT2D eigenvalue weighted by atomic mass is 10.0. The molecule has 0 spiro atoms. The molecule has 2 aliphatic rings. The summed E-state index contributed by atoms with van der Waals surface area (Å²) in [7, 11) is -2.47. The molecule has 15 nitrogen and oxygen atoms in total. The average molecular weight is 583 g/mol. The number of piperidine rings is 1. The summed E-state index contributed by atoms with van der Waals surface area (Å²) >= 11 is 0. The number of imidazole rings is 1. The first-order valence-corrected chi connectivity index (χ1v) is 14.8. The second-order valence-corrected chi connectivity index (χ2v) is 13.0. The van der Waals surface area contributed by atoms with E-state index in [0.717, 1.165) is 0 Å². The van der Waals surface area contributed by atoms with Crippen molar-refractivity contribution in [2.75, 3.05) is 39.0 Å². The molecule has 2 fully saturated rings. The maximum Gasteiger partial charge on any atom is 0.407 e. The number of anilines is 1. The van der Waals surface area contributed by atoms with E-state index in [9.17, 15) is 18.0 Å². The number of alkyl carbamates (subject to hydrolysis) is 1. The Hall–Kier alpha value is -3.08. The van der Waals surface area contributed by atoms with Crippen molar-refractivity contribution in [2.24, 2.45) is 0 Å². The highest BCUT2D eigenvalue weighted by atomic mass is 32.2. The SMILES string of the molecule is COC(=O)C1CC(S(=O)(=O)NC[C@@H]2CC[C@H](n3cnc4c(N)ncnc43)O2)CCN1CCNC(=O)OC(C)(C)C. The second kappa shape index (κ2) is 12.2. The van der Waals surface area contributed by atoms with E-state index in [4.69, 9.17) is 19.9 Å². The van der Waals surface area contributed by atoms with E-state index in [1.807, 2.05) is 4.90 Å². The van der Waals surface area contributed by atoms with Gasteiger partial charge in [0, 0.05) is 26.2 Å². The van der Waals surface area contributed by atoms with E-state index < -0.39 is 39.0 Å². The number of nitrogen functional groups attached to an aromatic ring is 1. The van der Waals surface area contributed by atoms with Crippen LogP contribution in [0.5, 0.6) is 0 Å². The lowest BCUT2D eigenvalue weighted by Gasteiger charge is -2.37. The molecule has 2 aromatic heterocycles. The fourth-order valence-corrected chi connectivity index (χ4v) is 6.48. The van der Waals surface area contributed by atoms with Gasteiger partial charge in [-0.25, -0.2) is 32.9 Å². The van der Waals surface area contributed by atoms with Crippen molar-refractivity contribution in [3.05, 3.63) is 12.7 Å². The third-order valence-electron chi connectivity index (χ3n) is 6.94. The van der Waals surface area contributed by atoms with Gasteiger partial charge in [0.2, 0.25) is 10.0 Å². The van der Waals surface area contributed by atoms with Crippen LogP contribution in [0.1, 0.15) is 52.7 Å². The highest BCUT2D eigenvalue weighted by Crippen LogP contribution is 2.31. The number of fused-ring (bicyclic) bond motifs is 1. The van der Waals surface area contributed by atoms with E-state index in [2.05, 4.69) is 25.0 Å². The molecule has 4 rings (SSSR count). The molecule has 0 aliphatic carbocycles. The number of hydrogen-bond acceptors (Lipinski definition) is 12. The van der Waals surface area contributed by atoms with Crippen LogP contribution in [0.15, 0.2) is 12.7 Å². The molecule has 40 heavy (non-hydrogen) atoms. The Kier molecular flexibility index (Phi) is 9.12. The van der Waals surface area contributed by atoms with Gasteiger partial charge in [-0.3, -0.25) is 14.3 Å². The van der Waals surface area contributed by atoms with Crippen LogP contribution in [0.25, 0.3) is 11.2 Å². The van der Waals surface area contributed by atoms with E-state index >= 15 is 0 Å². The monoisotopic (exact) mass is 582 g/mol. The predicted molar refractivity (Wildman–Crippen MR) is 144 cm³/mol. The molecule has 0 bridgehead atoms. The van der Waals surface area contributed by atoms with Crippen molar-refractivity contribution in [1.82, 2.24) is 34.5 Å². The van der Waals surface area contributed by atoms with Gasteiger partial charge in [-0.05, 0) is 46.5 Å². The number of aromatic nitrogens is 4. The molecule has 0 aromatic carbocycles. The van der Waals surface area contributed by atoms with Gasteiger partial charge in [-0.15, -0.1) is 0 Å². The van der Waals surface area contributed by atoms with Crippen LogP contribution >= 0.6 is 0 Å². The third-order valence-corrected chi connectivity index (χ3v) is 8.81. The Labute approximate surface area is 233 Å². The fourth-order valence-electron chi connectivity index (χ4n) is 4.98. The second-order valence-electron chi connectivity index (χ2n) is 10.9. The summed E-state index contributed by atoms with van der Waals surface area (Å²) in [6.07, 6.45) is 3.40. The average Bonchev–Trinajstić information content (AvgIpc) is 3.54. The first-order valence-electron chi connectivity index (χ1n) is 13.2. The normalized spacial score (nSPS) is 24.2. The highest BCUT2D eigenvalue weighted by molar-refractivity contribution is 7.90. The molecule has 2 aromatic rings. The fraction of sp³-hybridized carbons (Fsp3) is 0.708. The standard InChI is InChI=1S/C24H38N8O7S/c1-24(2,3)39-23(34)26-8-10-31-9-7-16(11-17(31)22(33)37-4)40(35,36)30-12-15-5-6-18(38-15)32-14-29-19-20(25)27-13-28-21(19)32/h13-18,30H,5-12H2,1-4H3,(H,26,34)(H2,25,27,28)/t15-,16?,17?,18+/m0/s1. The number of sulfonamides is 1. The lowest BCUT2D eigenvalue weighted by Crippen LogP contribution is -2.54. The summed E-state index contributed by atoms with van der Waals surface area (Å²) in [5.41, 5.74) is 6.29. The van der Waals surface area contributed by atoms with Gasteiger partial charge in [0.05, 0.1) is 24.8 Å². The van der Waals surface area contributed by atoms with Gasteiger partial charge < -0.3 is 25.3 Å². The van der Waals surface area contributed by atoms with Crippen molar-refractivity contribution >= 4 is 39.1 Å². The van der Waals surface area contributed by atoms with Crippen LogP contribution < -0.4 is 15.8 Å². The van der Waals surface area contributed by atoms with Gasteiger partial charge in [0.15, 0.2) is 11.5 Å². The number of esters is 1. The Morgan fingerprint density at radius 1 is 1.20 bits per heavy atom. The summed E-state index contributed by atoms with van der Waals surface area (Å²) in [6, 6.07) is -0.753. The molecule has 4 N–H and O–H groups in total. The summed E-state index contributed by atoms with van der Waals surface area (Å²) < 4.78 is 47.1. The maximum atomic E-state index is 13.2. The van der Waals surface area contributed by atoms with Crippen LogP contribution in [-0.4, -0.2) is 101 Å². The molecule has 0 saturated carbocycles. The molecular weight excluding hydrogens is 544 g/mol. The first kappa shape index (κ1) is 29.9. The highest BCUT2D eigenvalue weighted by Gasteiger charge is 2.40. The van der Waals surface area contributed by atoms with Crippen molar-refractivity contribution in [3.8, 4) is 0 Å². The summed E-state index contributed by atoms with van der Waals surface area (Å²) in [6.45, 7) is 6.34.